The second-order valence-electron chi connectivity index (χ2n) is 2.84. The van der Waals surface area contributed by atoms with Crippen LogP contribution in [0.25, 0.3) is 0 Å². The van der Waals surface area contributed by atoms with Crippen LogP contribution in [0.1, 0.15) is 26.7 Å². The minimum atomic E-state index is 0.999. The third-order valence-electron chi connectivity index (χ3n) is 1.35. The van der Waals surface area contributed by atoms with E-state index < -0.39 is 0 Å². The zero-order valence-corrected chi connectivity index (χ0v) is 7.43. The van der Waals surface area contributed by atoms with Crippen LogP contribution in [0.5, 0.6) is 0 Å². The van der Waals surface area contributed by atoms with Crippen LogP contribution in [0, 0.1) is 0 Å². The van der Waals surface area contributed by atoms with E-state index in [2.05, 4.69) is 26.5 Å². The molecule has 0 aromatic heterocycles. The summed E-state index contributed by atoms with van der Waals surface area (Å²) in [5.41, 5.74) is 7.65. The summed E-state index contributed by atoms with van der Waals surface area (Å²) >= 11 is 0. The molecule has 11 heavy (non-hydrogen) atoms. The van der Waals surface area contributed by atoms with E-state index in [4.69, 9.17) is 5.73 Å². The van der Waals surface area contributed by atoms with Crippen molar-refractivity contribution in [2.45, 2.75) is 26.7 Å². The Bertz CT molecular complexity index is 171. The van der Waals surface area contributed by atoms with Gasteiger partial charge in [-0.25, -0.2) is 0 Å². The Balaban J connectivity index is 3.55. The molecule has 0 amide bonds. The Kier molecular flexibility index (Phi) is 5.26. The Morgan fingerprint density at radius 1 is 1.45 bits per heavy atom. The van der Waals surface area contributed by atoms with Gasteiger partial charge in [-0.1, -0.05) is 23.8 Å². The number of allylic oxidation sites excluding steroid dienone is 4. The van der Waals surface area contributed by atoms with Gasteiger partial charge in [-0.05, 0) is 39.0 Å². The van der Waals surface area contributed by atoms with Crippen molar-refractivity contribution in [2.75, 3.05) is 0 Å². The third-order valence-corrected chi connectivity index (χ3v) is 1.35. The van der Waals surface area contributed by atoms with Gasteiger partial charge in [0.25, 0.3) is 0 Å². The standard InChI is InChI=1S/C10H17N/c1-9(2)5-4-6-10(3)7-8-11/h5,7-8H,3-4,6,11H2,1-2H3. The molecule has 0 rings (SSSR count). The molecule has 0 aliphatic rings. The fourth-order valence-electron chi connectivity index (χ4n) is 0.766. The lowest BCUT2D eigenvalue weighted by molar-refractivity contribution is 0.997. The van der Waals surface area contributed by atoms with Gasteiger partial charge in [-0.2, -0.15) is 0 Å². The molecule has 0 unspecified atom stereocenters. The van der Waals surface area contributed by atoms with Crippen molar-refractivity contribution >= 4 is 0 Å². The fourth-order valence-corrected chi connectivity index (χ4v) is 0.766. The van der Waals surface area contributed by atoms with Gasteiger partial charge >= 0.3 is 0 Å². The summed E-state index contributed by atoms with van der Waals surface area (Å²) in [6.07, 6.45) is 7.64. The van der Waals surface area contributed by atoms with Crippen LogP contribution >= 0.6 is 0 Å². The van der Waals surface area contributed by atoms with Crippen LogP contribution in [0.2, 0.25) is 0 Å². The zero-order valence-electron chi connectivity index (χ0n) is 7.43. The van der Waals surface area contributed by atoms with E-state index in [0.717, 1.165) is 18.4 Å². The summed E-state index contributed by atoms with van der Waals surface area (Å²) in [5, 5.41) is 0. The van der Waals surface area contributed by atoms with Gasteiger partial charge in [-0.15, -0.1) is 0 Å². The van der Waals surface area contributed by atoms with Gasteiger partial charge in [0.1, 0.15) is 0 Å². The highest BCUT2D eigenvalue weighted by atomic mass is 14.5. The SMILES string of the molecule is C=C(C=CN)CCC=C(C)C. The Labute approximate surface area is 69.3 Å². The van der Waals surface area contributed by atoms with E-state index in [0.29, 0.717) is 0 Å². The molecule has 1 nitrogen and oxygen atoms in total. The van der Waals surface area contributed by atoms with E-state index in [1.807, 2.05) is 6.08 Å². The molecule has 0 aromatic rings. The summed E-state index contributed by atoms with van der Waals surface area (Å²) in [7, 11) is 0. The number of rotatable bonds is 4. The highest BCUT2D eigenvalue weighted by Crippen LogP contribution is 2.05. The van der Waals surface area contributed by atoms with Crippen molar-refractivity contribution in [1.29, 1.82) is 0 Å². The van der Waals surface area contributed by atoms with Crippen LogP contribution in [0.4, 0.5) is 0 Å². The molecule has 0 heterocycles. The Morgan fingerprint density at radius 3 is 2.55 bits per heavy atom. The van der Waals surface area contributed by atoms with E-state index >= 15 is 0 Å². The molecule has 0 spiro atoms. The normalized spacial score (nSPS) is 10.0. The predicted octanol–water partition coefficient (Wildman–Crippen LogP) is 2.76. The zero-order chi connectivity index (χ0) is 8.69. The largest absolute Gasteiger partial charge is 0.405 e. The molecule has 0 saturated heterocycles. The molecular formula is C10H17N. The maximum atomic E-state index is 5.20. The lowest BCUT2D eigenvalue weighted by Gasteiger charge is -1.95. The monoisotopic (exact) mass is 151 g/mol. The smallest absolute Gasteiger partial charge is 0.00598 e. The number of nitrogens with two attached hydrogens (primary N) is 1. The number of hydrogen-bond acceptors (Lipinski definition) is 1. The molecule has 2 N–H and O–H groups in total. The minimum absolute atomic E-state index is 0.999. The second kappa shape index (κ2) is 5.78. The Hall–Kier alpha value is -0.980. The minimum Gasteiger partial charge on any atom is -0.405 e. The van der Waals surface area contributed by atoms with Crippen molar-refractivity contribution in [3.8, 4) is 0 Å². The summed E-state index contributed by atoms with van der Waals surface area (Å²) in [4.78, 5) is 0. The van der Waals surface area contributed by atoms with Gasteiger partial charge in [0.05, 0.1) is 0 Å². The van der Waals surface area contributed by atoms with Crippen LogP contribution in [-0.2, 0) is 0 Å². The maximum absolute atomic E-state index is 5.20. The van der Waals surface area contributed by atoms with Crippen molar-refractivity contribution in [3.05, 3.63) is 36.1 Å². The van der Waals surface area contributed by atoms with Gasteiger partial charge in [0.15, 0.2) is 0 Å². The molecule has 0 saturated carbocycles. The summed E-state index contributed by atoms with van der Waals surface area (Å²) in [6.45, 7) is 8.04. The van der Waals surface area contributed by atoms with E-state index in [-0.39, 0.29) is 0 Å². The highest BCUT2D eigenvalue weighted by molar-refractivity contribution is 5.14. The molecule has 0 aliphatic heterocycles. The quantitative estimate of drug-likeness (QED) is 0.485. The fraction of sp³-hybridized carbons (Fsp3) is 0.400. The van der Waals surface area contributed by atoms with Gasteiger partial charge < -0.3 is 5.73 Å². The average Bonchev–Trinajstić information content (AvgIpc) is 1.87. The highest BCUT2D eigenvalue weighted by Gasteiger charge is 1.86. The van der Waals surface area contributed by atoms with Crippen LogP contribution in [0.3, 0.4) is 0 Å². The van der Waals surface area contributed by atoms with Gasteiger partial charge in [0.2, 0.25) is 0 Å². The molecule has 0 radical (unpaired) electrons. The molecule has 62 valence electrons. The summed E-state index contributed by atoms with van der Waals surface area (Å²) in [6, 6.07) is 0. The molecule has 0 atom stereocenters. The van der Waals surface area contributed by atoms with Crippen molar-refractivity contribution in [1.82, 2.24) is 0 Å². The summed E-state index contributed by atoms with van der Waals surface area (Å²) < 4.78 is 0. The molecule has 0 aromatic carbocycles. The molecule has 0 aliphatic carbocycles. The Morgan fingerprint density at radius 2 is 2.09 bits per heavy atom. The first-order valence-electron chi connectivity index (χ1n) is 3.86. The van der Waals surface area contributed by atoms with Crippen molar-refractivity contribution < 1.29 is 0 Å². The predicted molar refractivity (Wildman–Crippen MR) is 51.1 cm³/mol. The van der Waals surface area contributed by atoms with E-state index in [1.54, 1.807) is 0 Å². The first-order valence-corrected chi connectivity index (χ1v) is 3.86. The van der Waals surface area contributed by atoms with Crippen molar-refractivity contribution in [2.24, 2.45) is 5.73 Å². The van der Waals surface area contributed by atoms with E-state index in [9.17, 15) is 0 Å². The molecule has 1 heteroatoms. The van der Waals surface area contributed by atoms with Crippen LogP contribution in [-0.4, -0.2) is 0 Å². The second-order valence-corrected chi connectivity index (χ2v) is 2.84. The van der Waals surface area contributed by atoms with Crippen molar-refractivity contribution in [3.63, 3.8) is 0 Å². The third kappa shape index (κ3) is 6.91. The van der Waals surface area contributed by atoms with Gasteiger partial charge in [0, 0.05) is 0 Å². The average molecular weight is 151 g/mol. The lowest BCUT2D eigenvalue weighted by Crippen LogP contribution is -1.80. The molecular weight excluding hydrogens is 134 g/mol. The summed E-state index contributed by atoms with van der Waals surface area (Å²) in [5.74, 6) is 0. The molecule has 0 fully saturated rings. The topological polar surface area (TPSA) is 26.0 Å². The van der Waals surface area contributed by atoms with Gasteiger partial charge in [-0.3, -0.25) is 0 Å². The number of hydrogen-bond donors (Lipinski definition) is 1. The van der Waals surface area contributed by atoms with Crippen LogP contribution in [0.15, 0.2) is 36.1 Å². The lowest BCUT2D eigenvalue weighted by atomic mass is 10.1. The van der Waals surface area contributed by atoms with E-state index in [1.165, 1.54) is 11.8 Å². The first kappa shape index (κ1) is 10.0. The first-order chi connectivity index (χ1) is 5.16. The van der Waals surface area contributed by atoms with Crippen LogP contribution < -0.4 is 5.73 Å². The maximum Gasteiger partial charge on any atom is -0.00598 e. The molecule has 0 bridgehead atoms.